The van der Waals surface area contributed by atoms with E-state index in [0.29, 0.717) is 0 Å². The zero-order valence-electron chi connectivity index (χ0n) is 20.6. The molecule has 2 heteroatoms. The van der Waals surface area contributed by atoms with Gasteiger partial charge in [-0.2, -0.15) is 0 Å². The molecule has 0 aliphatic heterocycles. The molecule has 8 aromatic rings. The fourth-order valence-electron chi connectivity index (χ4n) is 6.23. The lowest BCUT2D eigenvalue weighted by molar-refractivity contribution is 1.17. The van der Waals surface area contributed by atoms with Crippen molar-refractivity contribution in [3.63, 3.8) is 0 Å². The lowest BCUT2D eigenvalue weighted by Gasteiger charge is -2.19. The Labute approximate surface area is 219 Å². The Morgan fingerprint density at radius 1 is 0.368 bits per heavy atom. The van der Waals surface area contributed by atoms with E-state index < -0.39 is 0 Å². The second-order valence-electron chi connectivity index (χ2n) is 9.82. The van der Waals surface area contributed by atoms with Crippen LogP contribution >= 0.6 is 0 Å². The average molecular weight is 483 g/mol. The van der Waals surface area contributed by atoms with Crippen molar-refractivity contribution in [3.8, 4) is 22.3 Å². The van der Waals surface area contributed by atoms with E-state index in [9.17, 15) is 0 Å². The van der Waals surface area contributed by atoms with Crippen LogP contribution in [-0.4, -0.2) is 9.97 Å². The minimum Gasteiger partial charge on any atom is -0.244 e. The minimum absolute atomic E-state index is 1.03. The summed E-state index contributed by atoms with van der Waals surface area (Å²) in [6.45, 7) is 0. The predicted octanol–water partition coefficient (Wildman–Crippen LogP) is 9.58. The Balaban J connectivity index is 1.61. The predicted molar refractivity (Wildman–Crippen MR) is 160 cm³/mol. The van der Waals surface area contributed by atoms with E-state index in [1.54, 1.807) is 6.33 Å². The van der Waals surface area contributed by atoms with Gasteiger partial charge in [-0.1, -0.05) is 109 Å². The summed E-state index contributed by atoms with van der Waals surface area (Å²) in [7, 11) is 0. The van der Waals surface area contributed by atoms with E-state index in [4.69, 9.17) is 0 Å². The fraction of sp³-hybridized carbons (Fsp3) is 0. The van der Waals surface area contributed by atoms with Gasteiger partial charge in [0, 0.05) is 23.5 Å². The summed E-state index contributed by atoms with van der Waals surface area (Å²) in [6, 6.07) is 42.0. The van der Waals surface area contributed by atoms with Gasteiger partial charge in [0.2, 0.25) is 0 Å². The molecular formula is C36H22N2. The van der Waals surface area contributed by atoms with Gasteiger partial charge in [-0.05, 0) is 71.1 Å². The summed E-state index contributed by atoms with van der Waals surface area (Å²) in [6.07, 6.45) is 5.42. The molecule has 0 radical (unpaired) electrons. The normalized spacial score (nSPS) is 11.7. The fourth-order valence-corrected chi connectivity index (χ4v) is 6.23. The first-order chi connectivity index (χ1) is 18.9. The second-order valence-corrected chi connectivity index (χ2v) is 9.82. The molecular weight excluding hydrogens is 460 g/mol. The number of aromatic nitrogens is 2. The quantitative estimate of drug-likeness (QED) is 0.181. The SMILES string of the molecule is c1ccc2c(c1)ccc1c3ccccc3c(-c3c4ccccc4c(-c4cncnc4)c4ccccc34)cc21. The van der Waals surface area contributed by atoms with Gasteiger partial charge < -0.3 is 0 Å². The van der Waals surface area contributed by atoms with Crippen molar-refractivity contribution in [3.05, 3.63) is 134 Å². The molecule has 1 aromatic heterocycles. The smallest absolute Gasteiger partial charge is 0.115 e. The number of rotatable bonds is 2. The molecule has 0 saturated heterocycles. The highest BCUT2D eigenvalue weighted by molar-refractivity contribution is 6.27. The zero-order chi connectivity index (χ0) is 25.1. The number of fused-ring (bicyclic) bond motifs is 7. The maximum Gasteiger partial charge on any atom is 0.115 e. The van der Waals surface area contributed by atoms with E-state index in [-0.39, 0.29) is 0 Å². The van der Waals surface area contributed by atoms with Crippen molar-refractivity contribution in [1.82, 2.24) is 9.97 Å². The van der Waals surface area contributed by atoms with Crippen molar-refractivity contribution >= 4 is 53.9 Å². The highest BCUT2D eigenvalue weighted by Gasteiger charge is 2.19. The summed E-state index contributed by atoms with van der Waals surface area (Å²) < 4.78 is 0. The summed E-state index contributed by atoms with van der Waals surface area (Å²) in [5.41, 5.74) is 4.73. The molecule has 7 aromatic carbocycles. The Bertz CT molecular complexity index is 2120. The third-order valence-electron chi connectivity index (χ3n) is 7.82. The van der Waals surface area contributed by atoms with Gasteiger partial charge in [0.15, 0.2) is 0 Å². The topological polar surface area (TPSA) is 25.8 Å². The first-order valence-corrected chi connectivity index (χ1v) is 12.9. The molecule has 0 amide bonds. The van der Waals surface area contributed by atoms with Crippen LogP contribution in [0.15, 0.2) is 134 Å². The molecule has 0 fully saturated rings. The van der Waals surface area contributed by atoms with E-state index in [0.717, 1.165) is 5.56 Å². The molecule has 0 unspecified atom stereocenters. The second kappa shape index (κ2) is 8.22. The molecule has 0 N–H and O–H groups in total. The van der Waals surface area contributed by atoms with Crippen molar-refractivity contribution < 1.29 is 0 Å². The Hall–Kier alpha value is -5.08. The van der Waals surface area contributed by atoms with E-state index in [1.807, 2.05) is 12.4 Å². The van der Waals surface area contributed by atoms with Gasteiger partial charge >= 0.3 is 0 Å². The maximum absolute atomic E-state index is 4.35. The van der Waals surface area contributed by atoms with Gasteiger partial charge in [-0.15, -0.1) is 0 Å². The van der Waals surface area contributed by atoms with Crippen LogP contribution in [0.2, 0.25) is 0 Å². The lowest BCUT2D eigenvalue weighted by atomic mass is 9.84. The standard InChI is InChI=1S/C36H22N2/c1-2-10-25-23(9-1)17-18-28-26-11-3-4-12-27(26)34(19-33(25)28)36-31-15-7-5-13-29(31)35(24-20-37-22-38-21-24)30-14-6-8-16-32(30)36/h1-22H. The van der Waals surface area contributed by atoms with E-state index in [2.05, 4.69) is 125 Å². The third-order valence-corrected chi connectivity index (χ3v) is 7.82. The van der Waals surface area contributed by atoms with Crippen molar-refractivity contribution in [2.45, 2.75) is 0 Å². The van der Waals surface area contributed by atoms with Gasteiger partial charge in [-0.3, -0.25) is 0 Å². The zero-order valence-corrected chi connectivity index (χ0v) is 20.6. The van der Waals surface area contributed by atoms with E-state index >= 15 is 0 Å². The Morgan fingerprint density at radius 3 is 1.53 bits per heavy atom. The lowest BCUT2D eigenvalue weighted by Crippen LogP contribution is -1.93. The number of hydrogen-bond acceptors (Lipinski definition) is 2. The van der Waals surface area contributed by atoms with Gasteiger partial charge in [0.25, 0.3) is 0 Å². The monoisotopic (exact) mass is 482 g/mol. The highest BCUT2D eigenvalue weighted by Crippen LogP contribution is 2.46. The van der Waals surface area contributed by atoms with Crippen molar-refractivity contribution in [1.29, 1.82) is 0 Å². The average Bonchev–Trinajstić information content (AvgIpc) is 3.00. The molecule has 176 valence electrons. The Morgan fingerprint density at radius 2 is 0.868 bits per heavy atom. The molecule has 38 heavy (non-hydrogen) atoms. The molecule has 8 rings (SSSR count). The van der Waals surface area contributed by atoms with Crippen molar-refractivity contribution in [2.75, 3.05) is 0 Å². The van der Waals surface area contributed by atoms with E-state index in [1.165, 1.54) is 70.6 Å². The minimum atomic E-state index is 1.03. The summed E-state index contributed by atoms with van der Waals surface area (Å²) in [5, 5.41) is 12.5. The van der Waals surface area contributed by atoms with Crippen LogP contribution in [0, 0.1) is 0 Å². The number of hydrogen-bond donors (Lipinski definition) is 0. The van der Waals surface area contributed by atoms with Crippen LogP contribution in [0.1, 0.15) is 0 Å². The molecule has 0 aliphatic rings. The number of nitrogens with zero attached hydrogens (tertiary/aromatic N) is 2. The van der Waals surface area contributed by atoms with Gasteiger partial charge in [0.05, 0.1) is 0 Å². The molecule has 0 bridgehead atoms. The first-order valence-electron chi connectivity index (χ1n) is 12.9. The Kier molecular flexibility index (Phi) is 4.55. The molecule has 0 atom stereocenters. The highest BCUT2D eigenvalue weighted by atomic mass is 14.8. The van der Waals surface area contributed by atoms with Crippen LogP contribution < -0.4 is 0 Å². The molecule has 0 spiro atoms. The molecule has 2 nitrogen and oxygen atoms in total. The molecule has 0 saturated carbocycles. The third kappa shape index (κ3) is 3.01. The van der Waals surface area contributed by atoms with Crippen molar-refractivity contribution in [2.24, 2.45) is 0 Å². The van der Waals surface area contributed by atoms with Crippen LogP contribution in [0.4, 0.5) is 0 Å². The summed E-state index contributed by atoms with van der Waals surface area (Å²) in [4.78, 5) is 8.70. The molecule has 1 heterocycles. The maximum atomic E-state index is 4.35. The van der Waals surface area contributed by atoms with Crippen LogP contribution in [0.5, 0.6) is 0 Å². The van der Waals surface area contributed by atoms with Crippen LogP contribution in [0.3, 0.4) is 0 Å². The first kappa shape index (κ1) is 21.0. The van der Waals surface area contributed by atoms with Gasteiger partial charge in [0.1, 0.15) is 6.33 Å². The summed E-state index contributed by atoms with van der Waals surface area (Å²) >= 11 is 0. The number of benzene rings is 7. The van der Waals surface area contributed by atoms with Crippen LogP contribution in [-0.2, 0) is 0 Å². The van der Waals surface area contributed by atoms with Gasteiger partial charge in [-0.25, -0.2) is 9.97 Å². The molecule has 0 aliphatic carbocycles. The van der Waals surface area contributed by atoms with Crippen LogP contribution in [0.25, 0.3) is 76.1 Å². The summed E-state index contributed by atoms with van der Waals surface area (Å²) in [5.74, 6) is 0. The largest absolute Gasteiger partial charge is 0.244 e.